The molecule has 5 heterocycles. The lowest BCUT2D eigenvalue weighted by Crippen LogP contribution is -2.35. The molecule has 8 bridgehead atoms. The standard InChI is InChI=1S/C76H98N7O4/c1-11-12-13-14-15-22-53-84-61-34-26-57(27-35-61)73-65-42-44-67(77-65)74(58-28-36-62(37-29-58)85-54-23-16-19-50-81(2,3)4)69-46-48-71(79-69)76(60-32-40-64(41-33-60)87-56-25-18-21-52-83(8,9)10)72-49-47-70(80-72)75(68-45-43-66(73)78-68)59-30-38-63(39-31-59)86-55-24-17-20-51-82(5,6)7/h26-49H,11-25,50-56H2,1-10H3/q+3. The number of quaternary nitrogens is 3. The van der Waals surface area contributed by atoms with Crippen molar-refractivity contribution in [1.82, 2.24) is 0 Å². The van der Waals surface area contributed by atoms with E-state index in [4.69, 9.17) is 38.9 Å². The lowest BCUT2D eigenvalue weighted by Gasteiger charge is -2.23. The zero-order valence-corrected chi connectivity index (χ0v) is 54.2. The Labute approximate surface area is 521 Å². The Kier molecular flexibility index (Phi) is 22.4. The van der Waals surface area contributed by atoms with Gasteiger partial charge in [0, 0.05) is 22.3 Å². The minimum absolute atomic E-state index is 0.676. The monoisotopic (exact) mass is 1170 g/mol. The highest BCUT2D eigenvalue weighted by Crippen LogP contribution is 2.40. The van der Waals surface area contributed by atoms with Crippen LogP contribution in [0.25, 0.3) is 22.3 Å². The second-order valence-electron chi connectivity index (χ2n) is 26.8. The Balaban J connectivity index is 1.11. The van der Waals surface area contributed by atoms with E-state index < -0.39 is 0 Å². The summed E-state index contributed by atoms with van der Waals surface area (Å²) in [7, 11) is 20.2. The predicted octanol–water partition coefficient (Wildman–Crippen LogP) is 16.2. The van der Waals surface area contributed by atoms with Gasteiger partial charge in [0.25, 0.3) is 0 Å². The molecule has 5 aliphatic heterocycles. The van der Waals surface area contributed by atoms with Crippen molar-refractivity contribution in [3.63, 3.8) is 0 Å². The van der Waals surface area contributed by atoms with Crippen LogP contribution < -0.4 is 18.9 Å². The van der Waals surface area contributed by atoms with E-state index in [-0.39, 0.29) is 0 Å². The van der Waals surface area contributed by atoms with Crippen LogP contribution >= 0.6 is 0 Å². The van der Waals surface area contributed by atoms with Gasteiger partial charge in [-0.15, -0.1) is 0 Å². The average molecular weight is 1170 g/mol. The maximum absolute atomic E-state index is 6.34. The van der Waals surface area contributed by atoms with Crippen molar-refractivity contribution in [3.8, 4) is 23.0 Å². The first kappa shape index (κ1) is 64.0. The highest BCUT2D eigenvalue weighted by Gasteiger charge is 2.28. The fourth-order valence-corrected chi connectivity index (χ4v) is 11.4. The number of allylic oxidation sites excluding steroid dienone is 12. The quantitative estimate of drug-likeness (QED) is 0.0351. The number of ether oxygens (including phenoxy) is 4. The third-order valence-electron chi connectivity index (χ3n) is 16.2. The van der Waals surface area contributed by atoms with E-state index >= 15 is 0 Å². The number of nitrogens with zero attached hydrogens (tertiary/aromatic N) is 7. The van der Waals surface area contributed by atoms with Crippen LogP contribution in [0.5, 0.6) is 23.0 Å². The first-order chi connectivity index (χ1) is 42.0. The Morgan fingerprint density at radius 2 is 0.483 bits per heavy atom. The van der Waals surface area contributed by atoms with Crippen LogP contribution in [-0.4, -0.2) is 146 Å². The maximum Gasteiger partial charge on any atom is 0.119 e. The number of fused-ring (bicyclic) bond motifs is 4. The minimum Gasteiger partial charge on any atom is -0.494 e. The van der Waals surface area contributed by atoms with E-state index in [9.17, 15) is 0 Å². The van der Waals surface area contributed by atoms with Crippen molar-refractivity contribution in [1.29, 1.82) is 0 Å². The second kappa shape index (κ2) is 30.5. The summed E-state index contributed by atoms with van der Waals surface area (Å²) in [6, 6.07) is 33.8. The molecule has 458 valence electrons. The van der Waals surface area contributed by atoms with Crippen molar-refractivity contribution in [2.75, 3.05) is 109 Å². The van der Waals surface area contributed by atoms with Gasteiger partial charge in [-0.25, -0.2) is 20.0 Å². The molecular formula is C76H98N7O4+3. The van der Waals surface area contributed by atoms with E-state index in [0.717, 1.165) is 191 Å². The summed E-state index contributed by atoms with van der Waals surface area (Å²) in [5.41, 5.74) is 14.1. The molecule has 0 saturated carbocycles. The molecule has 0 radical (unpaired) electrons. The van der Waals surface area contributed by atoms with Gasteiger partial charge in [0.05, 0.1) is 155 Å². The van der Waals surface area contributed by atoms with Gasteiger partial charge in [0.2, 0.25) is 0 Å². The number of hydrogen-bond donors (Lipinski definition) is 0. The molecule has 0 spiro atoms. The van der Waals surface area contributed by atoms with Gasteiger partial charge in [0.1, 0.15) is 23.0 Å². The molecule has 11 heteroatoms. The minimum atomic E-state index is 0.676. The van der Waals surface area contributed by atoms with E-state index in [1.165, 1.54) is 51.4 Å². The third kappa shape index (κ3) is 19.0. The van der Waals surface area contributed by atoms with Crippen LogP contribution in [-0.2, 0) is 0 Å². The van der Waals surface area contributed by atoms with E-state index in [0.29, 0.717) is 26.4 Å². The molecule has 0 atom stereocenters. The molecule has 0 N–H and O–H groups in total. The molecule has 5 aliphatic rings. The van der Waals surface area contributed by atoms with Crippen LogP contribution in [0.4, 0.5) is 0 Å². The van der Waals surface area contributed by atoms with Crippen LogP contribution in [0, 0.1) is 0 Å². The Bertz CT molecular complexity index is 3310. The number of benzene rings is 4. The average Bonchev–Trinajstić information content (AvgIpc) is 1.80. The largest absolute Gasteiger partial charge is 0.494 e. The first-order valence-electron chi connectivity index (χ1n) is 32.4. The summed E-state index contributed by atoms with van der Waals surface area (Å²) >= 11 is 0. The predicted molar refractivity (Wildman–Crippen MR) is 365 cm³/mol. The molecule has 0 unspecified atom stereocenters. The zero-order chi connectivity index (χ0) is 61.2. The number of hydrogen-bond acceptors (Lipinski definition) is 8. The molecule has 9 rings (SSSR count). The highest BCUT2D eigenvalue weighted by molar-refractivity contribution is 6.39. The van der Waals surface area contributed by atoms with Crippen molar-refractivity contribution >= 4 is 45.1 Å². The molecule has 4 aromatic carbocycles. The summed E-state index contributed by atoms with van der Waals surface area (Å²) in [6.45, 7) is 8.44. The number of rotatable bonds is 33. The van der Waals surface area contributed by atoms with Gasteiger partial charge in [-0.2, -0.15) is 0 Å². The lowest BCUT2D eigenvalue weighted by molar-refractivity contribution is -0.870. The topological polar surface area (TPSA) is 86.4 Å². The van der Waals surface area contributed by atoms with E-state index in [1.54, 1.807) is 0 Å². The summed E-state index contributed by atoms with van der Waals surface area (Å²) in [6.07, 6.45) is 34.3. The molecule has 11 nitrogen and oxygen atoms in total. The van der Waals surface area contributed by atoms with Crippen molar-refractivity contribution in [2.24, 2.45) is 20.0 Å². The molecule has 0 aromatic heterocycles. The lowest BCUT2D eigenvalue weighted by atomic mass is 9.98. The maximum atomic E-state index is 6.34. The summed E-state index contributed by atoms with van der Waals surface area (Å²) in [4.78, 5) is 22.3. The van der Waals surface area contributed by atoms with Gasteiger partial charge in [-0.3, -0.25) is 0 Å². The zero-order valence-electron chi connectivity index (χ0n) is 54.2. The van der Waals surface area contributed by atoms with Crippen LogP contribution in [0.15, 0.2) is 188 Å². The van der Waals surface area contributed by atoms with Crippen LogP contribution in [0.1, 0.15) is 125 Å². The van der Waals surface area contributed by atoms with Crippen LogP contribution in [0.2, 0.25) is 0 Å². The van der Waals surface area contributed by atoms with Gasteiger partial charge < -0.3 is 32.4 Å². The van der Waals surface area contributed by atoms with Gasteiger partial charge in [0.15, 0.2) is 0 Å². The van der Waals surface area contributed by atoms with E-state index in [2.05, 4.69) is 216 Å². The first-order valence-corrected chi connectivity index (χ1v) is 32.4. The SMILES string of the molecule is CCCCCCCCOc1ccc(C2=C3C=CC(=N3)C(c3ccc(OCCCCC[N+](C)(C)C)cc3)=C3C=CC(=N3)C(c3ccc(OCCCCC[N+](C)(C)C)cc3)=C3C=CC(=N3)C(c3ccc(OCCCCC[N+](C)(C)C)cc3)=C3C=CC2=N3)cc1. The highest BCUT2D eigenvalue weighted by atomic mass is 16.5. The van der Waals surface area contributed by atoms with Crippen LogP contribution in [0.3, 0.4) is 0 Å². The second-order valence-corrected chi connectivity index (χ2v) is 26.8. The van der Waals surface area contributed by atoms with Gasteiger partial charge in [-0.05, 0) is 184 Å². The van der Waals surface area contributed by atoms with Crippen molar-refractivity contribution in [2.45, 2.75) is 103 Å². The summed E-state index contributed by atoms with van der Waals surface area (Å²) in [5.74, 6) is 3.39. The Morgan fingerprint density at radius 3 is 0.713 bits per heavy atom. The molecule has 0 aliphatic carbocycles. The summed E-state index contributed by atoms with van der Waals surface area (Å²) < 4.78 is 28.3. The Hall–Kier alpha value is -7.44. The van der Waals surface area contributed by atoms with Gasteiger partial charge in [-0.1, -0.05) is 87.6 Å². The Morgan fingerprint density at radius 1 is 0.264 bits per heavy atom. The molecule has 87 heavy (non-hydrogen) atoms. The molecule has 0 amide bonds. The fourth-order valence-electron chi connectivity index (χ4n) is 11.4. The van der Waals surface area contributed by atoms with Crippen molar-refractivity contribution < 1.29 is 32.4 Å². The van der Waals surface area contributed by atoms with Crippen molar-refractivity contribution in [3.05, 3.63) is 191 Å². The van der Waals surface area contributed by atoms with E-state index in [1.807, 2.05) is 0 Å². The number of aliphatic imine (C=N–C) groups is 4. The molecule has 0 fully saturated rings. The normalized spacial score (nSPS) is 15.7. The van der Waals surface area contributed by atoms with Gasteiger partial charge >= 0.3 is 0 Å². The smallest absolute Gasteiger partial charge is 0.119 e. The summed E-state index contributed by atoms with van der Waals surface area (Å²) in [5, 5.41) is 0. The number of unbranched alkanes of at least 4 members (excludes halogenated alkanes) is 11. The molecule has 0 saturated heterocycles. The molecule has 4 aromatic rings. The fraction of sp³-hybridized carbons (Fsp3) is 0.421. The molecular weight excluding hydrogens is 1070 g/mol. The third-order valence-corrected chi connectivity index (χ3v) is 16.2.